The summed E-state index contributed by atoms with van der Waals surface area (Å²) >= 11 is 0. The number of halogens is 3. The quantitative estimate of drug-likeness (QED) is 0.277. The van der Waals surface area contributed by atoms with Crippen molar-refractivity contribution in [1.29, 1.82) is 0 Å². The van der Waals surface area contributed by atoms with Gasteiger partial charge in [0.15, 0.2) is 0 Å². The van der Waals surface area contributed by atoms with Crippen LogP contribution in [0.25, 0.3) is 11.1 Å². The van der Waals surface area contributed by atoms with Gasteiger partial charge in [-0.05, 0) is 93.8 Å². The van der Waals surface area contributed by atoms with Crippen molar-refractivity contribution in [2.45, 2.75) is 83.7 Å². The molecule has 2 heterocycles. The van der Waals surface area contributed by atoms with E-state index in [1.807, 2.05) is 11.8 Å². The highest BCUT2D eigenvalue weighted by Gasteiger charge is 2.35. The highest BCUT2D eigenvalue weighted by molar-refractivity contribution is 5.92. The van der Waals surface area contributed by atoms with Crippen LogP contribution in [0.15, 0.2) is 54.9 Å². The van der Waals surface area contributed by atoms with Crippen LogP contribution in [-0.2, 0) is 22.3 Å². The number of benzene rings is 2. The Morgan fingerprint density at radius 2 is 1.64 bits per heavy atom. The molecule has 5 rings (SSSR count). The molecule has 47 heavy (non-hydrogen) atoms. The van der Waals surface area contributed by atoms with Gasteiger partial charge in [0.25, 0.3) is 5.91 Å². The molecule has 2 N–H and O–H groups in total. The molecule has 0 bridgehead atoms. The van der Waals surface area contributed by atoms with E-state index >= 15 is 0 Å². The highest BCUT2D eigenvalue weighted by Crippen LogP contribution is 2.36. The van der Waals surface area contributed by atoms with Crippen molar-refractivity contribution in [3.05, 3.63) is 82.9 Å². The first kappa shape index (κ1) is 33.9. The van der Waals surface area contributed by atoms with Crippen LogP contribution in [0.3, 0.4) is 0 Å². The number of carbonyl (C=O) groups excluding carboxylic acids is 3. The van der Waals surface area contributed by atoms with E-state index in [0.717, 1.165) is 49.1 Å². The molecule has 250 valence electrons. The number of hydrogen-bond donors (Lipinski definition) is 2. The Balaban J connectivity index is 1.24. The van der Waals surface area contributed by atoms with Crippen molar-refractivity contribution >= 4 is 17.9 Å². The SMILES string of the molecule is C[C@@H](NC(=O)c1cc(C2CCN(C(=O)C3CC3)CC2)ncn1)c1ccc(-c2cc(C(F)(F)F)ccc2CNC(=O)OC(C)(C)C)cc1. The molecule has 1 aromatic heterocycles. The molecular weight excluding hydrogens is 611 g/mol. The summed E-state index contributed by atoms with van der Waals surface area (Å²) in [5, 5.41) is 5.55. The summed E-state index contributed by atoms with van der Waals surface area (Å²) in [6, 6.07) is 11.5. The molecule has 2 aromatic carbocycles. The first-order chi connectivity index (χ1) is 22.2. The van der Waals surface area contributed by atoms with Gasteiger partial charge in [-0.15, -0.1) is 0 Å². The Labute approximate surface area is 272 Å². The number of ether oxygens (including phenoxy) is 1. The van der Waals surface area contributed by atoms with Crippen LogP contribution in [-0.4, -0.2) is 51.5 Å². The molecule has 1 aliphatic carbocycles. The standard InChI is InChI=1S/C35H40F3N5O4/c1-21(42-31(44)30-18-29(40-20-41-30)24-13-15-43(16-14-24)32(45)25-9-10-25)22-5-7-23(8-6-22)28-17-27(35(36,37)38)12-11-26(28)19-39-33(46)47-34(2,3)4/h5-8,11-12,17-18,20-21,24-25H,9-10,13-16,19H2,1-4H3,(H,39,46)(H,42,44)/t21-/m1/s1. The lowest BCUT2D eigenvalue weighted by Crippen LogP contribution is -2.39. The zero-order chi connectivity index (χ0) is 33.9. The van der Waals surface area contributed by atoms with Crippen LogP contribution in [0.5, 0.6) is 0 Å². The minimum atomic E-state index is -4.54. The largest absolute Gasteiger partial charge is 0.444 e. The number of likely N-dealkylation sites (tertiary alicyclic amines) is 1. The molecule has 1 saturated heterocycles. The zero-order valence-corrected chi connectivity index (χ0v) is 27.0. The molecule has 0 unspecified atom stereocenters. The summed E-state index contributed by atoms with van der Waals surface area (Å²) in [6.45, 7) is 8.30. The third-order valence-corrected chi connectivity index (χ3v) is 8.40. The number of alkyl carbamates (subject to hydrolysis) is 1. The molecule has 1 aliphatic heterocycles. The maximum absolute atomic E-state index is 13.6. The molecule has 1 atom stereocenters. The average molecular weight is 652 g/mol. The van der Waals surface area contributed by atoms with E-state index in [4.69, 9.17) is 4.74 Å². The second-order valence-corrected chi connectivity index (χ2v) is 13.2. The van der Waals surface area contributed by atoms with Gasteiger partial charge in [-0.3, -0.25) is 9.59 Å². The maximum atomic E-state index is 13.6. The number of alkyl halides is 3. The fourth-order valence-corrected chi connectivity index (χ4v) is 5.67. The summed E-state index contributed by atoms with van der Waals surface area (Å²) in [7, 11) is 0. The van der Waals surface area contributed by atoms with Crippen LogP contribution in [0.1, 0.15) is 98.2 Å². The van der Waals surface area contributed by atoms with E-state index in [-0.39, 0.29) is 35.9 Å². The molecule has 1 saturated carbocycles. The topological polar surface area (TPSA) is 114 Å². The molecular formula is C35H40F3N5O4. The number of aromatic nitrogens is 2. The molecule has 3 amide bonds. The molecule has 0 radical (unpaired) electrons. The number of hydrogen-bond acceptors (Lipinski definition) is 6. The molecule has 12 heteroatoms. The summed E-state index contributed by atoms with van der Waals surface area (Å²) in [5.41, 5.74) is 1.54. The van der Waals surface area contributed by atoms with E-state index in [0.29, 0.717) is 29.8 Å². The summed E-state index contributed by atoms with van der Waals surface area (Å²) in [6.07, 6.45) is -0.304. The Morgan fingerprint density at radius 3 is 2.26 bits per heavy atom. The predicted molar refractivity (Wildman–Crippen MR) is 169 cm³/mol. The predicted octanol–water partition coefficient (Wildman–Crippen LogP) is 6.79. The Morgan fingerprint density at radius 1 is 0.957 bits per heavy atom. The number of nitrogens with one attached hydrogen (secondary N) is 2. The Hall–Kier alpha value is -4.48. The maximum Gasteiger partial charge on any atom is 0.416 e. The van der Waals surface area contributed by atoms with Crippen LogP contribution in [0, 0.1) is 5.92 Å². The second kappa shape index (κ2) is 13.7. The molecule has 2 fully saturated rings. The van der Waals surface area contributed by atoms with E-state index in [9.17, 15) is 27.6 Å². The number of carbonyl (C=O) groups is 3. The molecule has 2 aliphatic rings. The van der Waals surface area contributed by atoms with Gasteiger partial charge in [-0.25, -0.2) is 14.8 Å². The van der Waals surface area contributed by atoms with Crippen LogP contribution in [0.4, 0.5) is 18.0 Å². The van der Waals surface area contributed by atoms with Gasteiger partial charge in [0.1, 0.15) is 17.6 Å². The lowest BCUT2D eigenvalue weighted by atomic mass is 9.92. The van der Waals surface area contributed by atoms with E-state index < -0.39 is 29.5 Å². The van der Waals surface area contributed by atoms with Crippen LogP contribution >= 0.6 is 0 Å². The summed E-state index contributed by atoms with van der Waals surface area (Å²) in [4.78, 5) is 48.3. The zero-order valence-electron chi connectivity index (χ0n) is 27.0. The minimum Gasteiger partial charge on any atom is -0.444 e. The van der Waals surface area contributed by atoms with Crippen molar-refractivity contribution in [3.63, 3.8) is 0 Å². The van der Waals surface area contributed by atoms with Gasteiger partial charge in [-0.1, -0.05) is 30.3 Å². The third kappa shape index (κ3) is 8.87. The number of amides is 3. The van der Waals surface area contributed by atoms with E-state index in [1.54, 1.807) is 51.1 Å². The van der Waals surface area contributed by atoms with Gasteiger partial charge in [0.05, 0.1) is 11.6 Å². The number of nitrogens with zero attached hydrogens (tertiary/aromatic N) is 3. The van der Waals surface area contributed by atoms with Gasteiger partial charge >= 0.3 is 12.3 Å². The van der Waals surface area contributed by atoms with Gasteiger partial charge in [-0.2, -0.15) is 13.2 Å². The fraction of sp³-hybridized carbons (Fsp3) is 0.457. The number of piperidine rings is 1. The van der Waals surface area contributed by atoms with Crippen LogP contribution in [0.2, 0.25) is 0 Å². The van der Waals surface area contributed by atoms with Crippen molar-refractivity contribution in [2.75, 3.05) is 13.1 Å². The monoisotopic (exact) mass is 651 g/mol. The molecule has 0 spiro atoms. The lowest BCUT2D eigenvalue weighted by molar-refractivity contribution is -0.137. The van der Waals surface area contributed by atoms with E-state index in [2.05, 4.69) is 20.6 Å². The van der Waals surface area contributed by atoms with Crippen LogP contribution < -0.4 is 10.6 Å². The van der Waals surface area contributed by atoms with Crippen molar-refractivity contribution < 1.29 is 32.3 Å². The smallest absolute Gasteiger partial charge is 0.416 e. The van der Waals surface area contributed by atoms with Gasteiger partial charge in [0.2, 0.25) is 5.91 Å². The first-order valence-corrected chi connectivity index (χ1v) is 15.9. The Kier molecular flexibility index (Phi) is 9.88. The second-order valence-electron chi connectivity index (χ2n) is 13.2. The average Bonchev–Trinajstić information content (AvgIpc) is 3.88. The summed E-state index contributed by atoms with van der Waals surface area (Å²) < 4.78 is 46.1. The highest BCUT2D eigenvalue weighted by atomic mass is 19.4. The first-order valence-electron chi connectivity index (χ1n) is 15.9. The van der Waals surface area contributed by atoms with Gasteiger partial charge < -0.3 is 20.3 Å². The van der Waals surface area contributed by atoms with Crippen molar-refractivity contribution in [3.8, 4) is 11.1 Å². The van der Waals surface area contributed by atoms with Crippen molar-refractivity contribution in [2.24, 2.45) is 5.92 Å². The minimum absolute atomic E-state index is 0.0325. The fourth-order valence-electron chi connectivity index (χ4n) is 5.67. The molecule has 9 nitrogen and oxygen atoms in total. The summed E-state index contributed by atoms with van der Waals surface area (Å²) in [5.74, 6) is 0.210. The molecule has 3 aromatic rings. The number of rotatable bonds is 8. The Bertz CT molecular complexity index is 1610. The normalized spacial score (nSPS) is 16.4. The van der Waals surface area contributed by atoms with E-state index in [1.165, 1.54) is 12.4 Å². The van der Waals surface area contributed by atoms with Gasteiger partial charge in [0, 0.05) is 37.2 Å². The van der Waals surface area contributed by atoms with Crippen molar-refractivity contribution in [1.82, 2.24) is 25.5 Å². The third-order valence-electron chi connectivity index (χ3n) is 8.40. The lowest BCUT2D eigenvalue weighted by Gasteiger charge is -2.32.